The molecule has 6 nitrogen and oxygen atoms in total. The normalized spacial score (nSPS) is 11.2. The van der Waals surface area contributed by atoms with Crippen LogP contribution in [0, 0.1) is 0 Å². The first-order chi connectivity index (χ1) is 10.5. The Morgan fingerprint density at radius 1 is 1.22 bits per heavy atom. The van der Waals surface area contributed by atoms with Gasteiger partial charge in [-0.3, -0.25) is 9.59 Å². The van der Waals surface area contributed by atoms with Gasteiger partial charge in [-0.05, 0) is 37.6 Å². The van der Waals surface area contributed by atoms with Gasteiger partial charge in [0.05, 0.1) is 11.8 Å². The molecule has 4 N–H and O–H groups in total. The van der Waals surface area contributed by atoms with Crippen molar-refractivity contribution < 1.29 is 14.0 Å². The molecule has 2 rings (SSSR count). The second-order valence-electron chi connectivity index (χ2n) is 5.11. The van der Waals surface area contributed by atoms with Crippen molar-refractivity contribution >= 4 is 35.6 Å². The van der Waals surface area contributed by atoms with Crippen LogP contribution >= 0.6 is 12.4 Å². The molecular formula is C16H20ClN3O3. The number of anilines is 2. The van der Waals surface area contributed by atoms with Crippen LogP contribution in [0.2, 0.25) is 0 Å². The fraction of sp³-hybridized carbons (Fsp3) is 0.250. The first-order valence-corrected chi connectivity index (χ1v) is 7.03. The molecule has 0 bridgehead atoms. The zero-order valence-electron chi connectivity index (χ0n) is 12.7. The highest BCUT2D eigenvalue weighted by Gasteiger charge is 2.08. The number of halogens is 1. The van der Waals surface area contributed by atoms with Gasteiger partial charge in [-0.1, -0.05) is 6.07 Å². The molecule has 124 valence electrons. The number of nitrogens with two attached hydrogens (primary N) is 1. The van der Waals surface area contributed by atoms with E-state index in [4.69, 9.17) is 10.2 Å². The number of carbonyl (C=O) groups excluding carboxylic acids is 2. The van der Waals surface area contributed by atoms with Crippen molar-refractivity contribution in [3.63, 3.8) is 0 Å². The van der Waals surface area contributed by atoms with Gasteiger partial charge in [-0.2, -0.15) is 0 Å². The summed E-state index contributed by atoms with van der Waals surface area (Å²) in [6.45, 7) is 1.86. The van der Waals surface area contributed by atoms with E-state index in [0.717, 1.165) is 0 Å². The Labute approximate surface area is 140 Å². The first-order valence-electron chi connectivity index (χ1n) is 7.03. The summed E-state index contributed by atoms with van der Waals surface area (Å²) in [7, 11) is 0. The van der Waals surface area contributed by atoms with Crippen LogP contribution in [0.1, 0.15) is 30.1 Å². The molecule has 0 fully saturated rings. The van der Waals surface area contributed by atoms with Crippen molar-refractivity contribution in [2.45, 2.75) is 25.8 Å². The molecule has 0 spiro atoms. The van der Waals surface area contributed by atoms with E-state index in [1.807, 2.05) is 6.92 Å². The van der Waals surface area contributed by atoms with Gasteiger partial charge in [-0.15, -0.1) is 12.4 Å². The number of furan rings is 1. The van der Waals surface area contributed by atoms with Crippen LogP contribution in [0.4, 0.5) is 11.4 Å². The van der Waals surface area contributed by atoms with Gasteiger partial charge in [0.15, 0.2) is 0 Å². The van der Waals surface area contributed by atoms with Crippen LogP contribution in [0.5, 0.6) is 0 Å². The molecule has 0 saturated carbocycles. The first kappa shape index (κ1) is 18.7. The van der Waals surface area contributed by atoms with E-state index in [2.05, 4.69) is 10.6 Å². The van der Waals surface area contributed by atoms with E-state index < -0.39 is 0 Å². The number of nitrogens with one attached hydrogen (secondary N) is 2. The molecule has 1 aromatic heterocycles. The topological polar surface area (TPSA) is 97.4 Å². The third-order valence-corrected chi connectivity index (χ3v) is 3.01. The number of carbonyl (C=O) groups is 2. The molecule has 1 atom stereocenters. The minimum absolute atomic E-state index is 0. The van der Waals surface area contributed by atoms with E-state index in [-0.39, 0.29) is 30.3 Å². The van der Waals surface area contributed by atoms with Gasteiger partial charge in [-0.25, -0.2) is 0 Å². The average Bonchev–Trinajstić information content (AvgIpc) is 3.00. The molecule has 0 aliphatic rings. The van der Waals surface area contributed by atoms with Crippen molar-refractivity contribution in [2.75, 3.05) is 10.6 Å². The number of rotatable bonds is 6. The van der Waals surface area contributed by atoms with Crippen LogP contribution in [0.15, 0.2) is 47.3 Å². The molecule has 1 heterocycles. The quantitative estimate of drug-likeness (QED) is 0.754. The smallest absolute Gasteiger partial charge is 0.258 e. The van der Waals surface area contributed by atoms with Gasteiger partial charge in [0.25, 0.3) is 5.91 Å². The largest absolute Gasteiger partial charge is 0.472 e. The molecular weight excluding hydrogens is 318 g/mol. The van der Waals surface area contributed by atoms with Gasteiger partial charge in [0.2, 0.25) is 5.91 Å². The molecule has 0 aliphatic heterocycles. The lowest BCUT2D eigenvalue weighted by atomic mass is 10.2. The third-order valence-electron chi connectivity index (χ3n) is 3.01. The maximum atomic E-state index is 11.9. The van der Waals surface area contributed by atoms with Crippen molar-refractivity contribution in [1.82, 2.24) is 0 Å². The Morgan fingerprint density at radius 2 is 1.91 bits per heavy atom. The van der Waals surface area contributed by atoms with Crippen molar-refractivity contribution in [2.24, 2.45) is 5.73 Å². The lowest BCUT2D eigenvalue weighted by Crippen LogP contribution is -2.19. The number of amides is 2. The van der Waals surface area contributed by atoms with Crippen LogP contribution in [0.3, 0.4) is 0 Å². The van der Waals surface area contributed by atoms with Gasteiger partial charge < -0.3 is 20.8 Å². The van der Waals surface area contributed by atoms with Gasteiger partial charge in [0.1, 0.15) is 6.26 Å². The van der Waals surface area contributed by atoms with E-state index in [9.17, 15) is 9.59 Å². The maximum absolute atomic E-state index is 11.9. The van der Waals surface area contributed by atoms with Crippen molar-refractivity contribution in [1.29, 1.82) is 0 Å². The summed E-state index contributed by atoms with van der Waals surface area (Å²) in [6.07, 6.45) is 3.80. The van der Waals surface area contributed by atoms with Crippen molar-refractivity contribution in [3.8, 4) is 0 Å². The van der Waals surface area contributed by atoms with E-state index in [1.165, 1.54) is 12.5 Å². The molecule has 1 aromatic carbocycles. The molecule has 0 radical (unpaired) electrons. The van der Waals surface area contributed by atoms with Crippen LogP contribution < -0.4 is 16.4 Å². The minimum Gasteiger partial charge on any atom is -0.472 e. The fourth-order valence-corrected chi connectivity index (χ4v) is 1.85. The summed E-state index contributed by atoms with van der Waals surface area (Å²) in [4.78, 5) is 23.7. The third kappa shape index (κ3) is 6.14. The van der Waals surface area contributed by atoms with Crippen molar-refractivity contribution in [3.05, 3.63) is 48.4 Å². The standard InChI is InChI=1S/C16H19N3O3.ClH/c1-11(17)5-6-15(20)18-13-3-2-4-14(9-13)19-16(21)12-7-8-22-10-12;/h2-4,7-11H,5-6,17H2,1H3,(H,18,20)(H,19,21);1H. The Morgan fingerprint density at radius 3 is 2.52 bits per heavy atom. The molecule has 7 heteroatoms. The zero-order valence-corrected chi connectivity index (χ0v) is 13.6. The summed E-state index contributed by atoms with van der Waals surface area (Å²) in [6, 6.07) is 8.53. The molecule has 0 saturated heterocycles. The Bertz CT molecular complexity index is 642. The number of hydrogen-bond acceptors (Lipinski definition) is 4. The lowest BCUT2D eigenvalue weighted by molar-refractivity contribution is -0.116. The van der Waals surface area contributed by atoms with Gasteiger partial charge in [0, 0.05) is 23.8 Å². The monoisotopic (exact) mass is 337 g/mol. The molecule has 23 heavy (non-hydrogen) atoms. The highest BCUT2D eigenvalue weighted by molar-refractivity contribution is 6.04. The van der Waals surface area contributed by atoms with Crippen LogP contribution in [0.25, 0.3) is 0 Å². The molecule has 2 amide bonds. The molecule has 2 aromatic rings. The summed E-state index contributed by atoms with van der Waals surface area (Å²) < 4.78 is 4.87. The molecule has 1 unspecified atom stereocenters. The average molecular weight is 338 g/mol. The van der Waals surface area contributed by atoms with E-state index >= 15 is 0 Å². The van der Waals surface area contributed by atoms with Crippen LogP contribution in [-0.4, -0.2) is 17.9 Å². The van der Waals surface area contributed by atoms with Crippen LogP contribution in [-0.2, 0) is 4.79 Å². The van der Waals surface area contributed by atoms with E-state index in [1.54, 1.807) is 30.3 Å². The SMILES string of the molecule is CC(N)CCC(=O)Nc1cccc(NC(=O)c2ccoc2)c1.Cl. The minimum atomic E-state index is -0.269. The second-order valence-corrected chi connectivity index (χ2v) is 5.11. The van der Waals surface area contributed by atoms with E-state index in [0.29, 0.717) is 29.8 Å². The second kappa shape index (κ2) is 8.97. The Hall–Kier alpha value is -2.31. The maximum Gasteiger partial charge on any atom is 0.258 e. The summed E-state index contributed by atoms with van der Waals surface area (Å²) in [5.74, 6) is -0.371. The number of benzene rings is 1. The highest BCUT2D eigenvalue weighted by atomic mass is 35.5. The lowest BCUT2D eigenvalue weighted by Gasteiger charge is -2.09. The van der Waals surface area contributed by atoms with Gasteiger partial charge >= 0.3 is 0 Å². The fourth-order valence-electron chi connectivity index (χ4n) is 1.85. The Balaban J connectivity index is 0.00000264. The number of hydrogen-bond donors (Lipinski definition) is 3. The summed E-state index contributed by atoms with van der Waals surface area (Å²) in [5, 5.41) is 5.52. The summed E-state index contributed by atoms with van der Waals surface area (Å²) in [5.41, 5.74) is 7.28. The summed E-state index contributed by atoms with van der Waals surface area (Å²) >= 11 is 0. The Kier molecular flexibility index (Phi) is 7.31. The highest BCUT2D eigenvalue weighted by Crippen LogP contribution is 2.16. The predicted molar refractivity (Wildman–Crippen MR) is 91.9 cm³/mol. The predicted octanol–water partition coefficient (Wildman–Crippen LogP) is 3.02. The zero-order chi connectivity index (χ0) is 15.9. The molecule has 0 aliphatic carbocycles.